The fraction of sp³-hybridized carbons (Fsp3) is 0.643. The summed E-state index contributed by atoms with van der Waals surface area (Å²) in [5.74, 6) is 0. The Hall–Kier alpha value is -0.890. The average Bonchev–Trinajstić information content (AvgIpc) is 2.22. The number of pyridine rings is 1. The van der Waals surface area contributed by atoms with Gasteiger partial charge in [0.05, 0.1) is 0 Å². The summed E-state index contributed by atoms with van der Waals surface area (Å²) in [6, 6.07) is 4.40. The van der Waals surface area contributed by atoms with E-state index in [0.29, 0.717) is 0 Å². The number of aryl methyl sites for hydroxylation is 3. The number of unbranched alkanes of at least 4 members (excludes halogenated alkanes) is 4. The molecule has 0 atom stereocenters. The van der Waals surface area contributed by atoms with Gasteiger partial charge in [-0.25, -0.2) is 0 Å². The van der Waals surface area contributed by atoms with Gasteiger partial charge in [0.15, 0.2) is 0 Å². The Morgan fingerprint density at radius 3 is 2.12 bits per heavy atom. The van der Waals surface area contributed by atoms with E-state index in [-0.39, 0.29) is 0 Å². The molecule has 0 aliphatic heterocycles. The summed E-state index contributed by atoms with van der Waals surface area (Å²) < 4.78 is 0. The van der Waals surface area contributed by atoms with Gasteiger partial charge in [-0.1, -0.05) is 19.3 Å². The van der Waals surface area contributed by atoms with Crippen molar-refractivity contribution in [2.75, 3.05) is 6.54 Å². The second-order valence-electron chi connectivity index (χ2n) is 4.56. The van der Waals surface area contributed by atoms with Gasteiger partial charge < -0.3 is 5.73 Å². The fourth-order valence-corrected chi connectivity index (χ4v) is 2.07. The molecule has 2 nitrogen and oxygen atoms in total. The van der Waals surface area contributed by atoms with Gasteiger partial charge in [-0.2, -0.15) is 0 Å². The zero-order valence-corrected chi connectivity index (χ0v) is 10.6. The topological polar surface area (TPSA) is 38.9 Å². The van der Waals surface area contributed by atoms with E-state index in [9.17, 15) is 0 Å². The number of nitrogens with two attached hydrogens (primary N) is 1. The van der Waals surface area contributed by atoms with Crippen LogP contribution in [0.25, 0.3) is 0 Å². The van der Waals surface area contributed by atoms with E-state index in [1.54, 1.807) is 0 Å². The Morgan fingerprint density at radius 2 is 1.50 bits per heavy atom. The second kappa shape index (κ2) is 7.39. The largest absolute Gasteiger partial charge is 0.330 e. The van der Waals surface area contributed by atoms with Crippen molar-refractivity contribution in [3.8, 4) is 0 Å². The molecule has 1 rings (SSSR count). The smallest absolute Gasteiger partial charge is 0.0378 e. The van der Waals surface area contributed by atoms with Crippen LogP contribution in [0.2, 0.25) is 0 Å². The first-order valence-electron chi connectivity index (χ1n) is 6.36. The van der Waals surface area contributed by atoms with Gasteiger partial charge in [-0.3, -0.25) is 4.98 Å². The summed E-state index contributed by atoms with van der Waals surface area (Å²) in [7, 11) is 0. The first kappa shape index (κ1) is 13.2. The van der Waals surface area contributed by atoms with Gasteiger partial charge in [0.2, 0.25) is 0 Å². The molecule has 2 heteroatoms. The standard InChI is InChI=1S/C14H24N2/c1-12-10-14(11-13(2)16-12)8-6-4-3-5-7-9-15/h10-11H,3-9,15H2,1-2H3. The first-order chi connectivity index (χ1) is 7.72. The van der Waals surface area contributed by atoms with Crippen molar-refractivity contribution in [1.82, 2.24) is 4.98 Å². The van der Waals surface area contributed by atoms with E-state index in [1.165, 1.54) is 44.1 Å². The van der Waals surface area contributed by atoms with E-state index in [2.05, 4.69) is 31.0 Å². The molecule has 90 valence electrons. The Labute approximate surface area is 99.3 Å². The molecule has 2 N–H and O–H groups in total. The predicted octanol–water partition coefficient (Wildman–Crippen LogP) is 3.15. The number of hydrogen-bond donors (Lipinski definition) is 1. The minimum absolute atomic E-state index is 0.836. The molecule has 1 heterocycles. The van der Waals surface area contributed by atoms with Crippen LogP contribution in [0.3, 0.4) is 0 Å². The Kier molecular flexibility index (Phi) is 6.09. The van der Waals surface area contributed by atoms with Gasteiger partial charge >= 0.3 is 0 Å². The van der Waals surface area contributed by atoms with Gasteiger partial charge in [0.1, 0.15) is 0 Å². The summed E-state index contributed by atoms with van der Waals surface area (Å²) in [4.78, 5) is 4.39. The van der Waals surface area contributed by atoms with Crippen molar-refractivity contribution in [2.45, 2.75) is 52.4 Å². The first-order valence-corrected chi connectivity index (χ1v) is 6.36. The van der Waals surface area contributed by atoms with Crippen molar-refractivity contribution in [3.63, 3.8) is 0 Å². The molecule has 0 aliphatic carbocycles. The molecule has 0 radical (unpaired) electrons. The third kappa shape index (κ3) is 5.26. The van der Waals surface area contributed by atoms with Crippen LogP contribution in [0.4, 0.5) is 0 Å². The molecule has 16 heavy (non-hydrogen) atoms. The molecule has 0 amide bonds. The highest BCUT2D eigenvalue weighted by Gasteiger charge is 1.97. The predicted molar refractivity (Wildman–Crippen MR) is 69.6 cm³/mol. The lowest BCUT2D eigenvalue weighted by Crippen LogP contribution is -1.97. The number of rotatable bonds is 7. The van der Waals surface area contributed by atoms with Crippen LogP contribution in [0, 0.1) is 13.8 Å². The summed E-state index contributed by atoms with van der Waals surface area (Å²) in [6.07, 6.45) is 7.57. The second-order valence-corrected chi connectivity index (χ2v) is 4.56. The highest BCUT2D eigenvalue weighted by atomic mass is 14.7. The van der Waals surface area contributed by atoms with Gasteiger partial charge in [0.25, 0.3) is 0 Å². The monoisotopic (exact) mass is 220 g/mol. The molecular formula is C14H24N2. The Morgan fingerprint density at radius 1 is 0.938 bits per heavy atom. The molecule has 0 saturated carbocycles. The number of aromatic nitrogens is 1. The quantitative estimate of drug-likeness (QED) is 0.717. The molecule has 1 aromatic heterocycles. The van der Waals surface area contributed by atoms with Crippen molar-refractivity contribution < 1.29 is 0 Å². The molecule has 1 aromatic rings. The van der Waals surface area contributed by atoms with Crippen LogP contribution in [0.15, 0.2) is 12.1 Å². The maximum absolute atomic E-state index is 5.46. The lowest BCUT2D eigenvalue weighted by molar-refractivity contribution is 0.618. The van der Waals surface area contributed by atoms with E-state index < -0.39 is 0 Å². The van der Waals surface area contributed by atoms with E-state index in [4.69, 9.17) is 5.73 Å². The number of hydrogen-bond acceptors (Lipinski definition) is 2. The molecular weight excluding hydrogens is 196 g/mol. The number of nitrogens with zero attached hydrogens (tertiary/aromatic N) is 1. The van der Waals surface area contributed by atoms with Gasteiger partial charge in [0, 0.05) is 11.4 Å². The average molecular weight is 220 g/mol. The third-order valence-electron chi connectivity index (χ3n) is 2.81. The van der Waals surface area contributed by atoms with Gasteiger partial charge in [-0.05, 0) is 57.4 Å². The van der Waals surface area contributed by atoms with Crippen LogP contribution in [0.1, 0.15) is 49.1 Å². The molecule has 0 spiro atoms. The SMILES string of the molecule is Cc1cc(CCCCCCCN)cc(C)n1. The minimum atomic E-state index is 0.836. The molecule has 0 aromatic carbocycles. The zero-order chi connectivity index (χ0) is 11.8. The van der Waals surface area contributed by atoms with Crippen molar-refractivity contribution in [3.05, 3.63) is 29.1 Å². The van der Waals surface area contributed by atoms with Crippen molar-refractivity contribution >= 4 is 0 Å². The van der Waals surface area contributed by atoms with E-state index >= 15 is 0 Å². The molecule has 0 saturated heterocycles. The third-order valence-corrected chi connectivity index (χ3v) is 2.81. The highest BCUT2D eigenvalue weighted by molar-refractivity contribution is 5.20. The van der Waals surface area contributed by atoms with Crippen molar-refractivity contribution in [1.29, 1.82) is 0 Å². The van der Waals surface area contributed by atoms with Crippen molar-refractivity contribution in [2.24, 2.45) is 5.73 Å². The molecule has 0 unspecified atom stereocenters. The summed E-state index contributed by atoms with van der Waals surface area (Å²) in [6.45, 7) is 4.97. The fourth-order valence-electron chi connectivity index (χ4n) is 2.07. The maximum atomic E-state index is 5.46. The Bertz CT molecular complexity index is 287. The van der Waals surface area contributed by atoms with Gasteiger partial charge in [-0.15, -0.1) is 0 Å². The lowest BCUT2D eigenvalue weighted by Gasteiger charge is -2.04. The Balaban J connectivity index is 2.21. The van der Waals surface area contributed by atoms with E-state index in [0.717, 1.165) is 17.9 Å². The van der Waals surface area contributed by atoms with Crippen LogP contribution in [-0.4, -0.2) is 11.5 Å². The zero-order valence-electron chi connectivity index (χ0n) is 10.6. The molecule has 0 aliphatic rings. The lowest BCUT2D eigenvalue weighted by atomic mass is 10.0. The summed E-state index contributed by atoms with van der Waals surface area (Å²) in [5.41, 5.74) is 9.17. The highest BCUT2D eigenvalue weighted by Crippen LogP contribution is 2.10. The summed E-state index contributed by atoms with van der Waals surface area (Å²) in [5, 5.41) is 0. The van der Waals surface area contributed by atoms with Crippen LogP contribution >= 0.6 is 0 Å². The maximum Gasteiger partial charge on any atom is 0.0378 e. The molecule has 0 fully saturated rings. The van der Waals surface area contributed by atoms with E-state index in [1.807, 2.05) is 0 Å². The van der Waals surface area contributed by atoms with Crippen LogP contribution in [0.5, 0.6) is 0 Å². The molecule has 0 bridgehead atoms. The minimum Gasteiger partial charge on any atom is -0.330 e. The normalized spacial score (nSPS) is 10.7. The summed E-state index contributed by atoms with van der Waals surface area (Å²) >= 11 is 0. The van der Waals surface area contributed by atoms with Crippen LogP contribution < -0.4 is 5.73 Å². The van der Waals surface area contributed by atoms with Crippen LogP contribution in [-0.2, 0) is 6.42 Å².